The predicted molar refractivity (Wildman–Crippen MR) is 59.6 cm³/mol. The quantitative estimate of drug-likeness (QED) is 0.558. The normalized spacial score (nSPS) is 15.3. The number of carboxylic acids is 1. The lowest BCUT2D eigenvalue weighted by Gasteiger charge is -2.27. The van der Waals surface area contributed by atoms with Crippen LogP contribution in [-0.4, -0.2) is 35.0 Å². The summed E-state index contributed by atoms with van der Waals surface area (Å²) in [5.74, 6) is 1.39. The molecule has 1 saturated carbocycles. The Kier molecular flexibility index (Phi) is 3.58. The Morgan fingerprint density at radius 2 is 2.06 bits per heavy atom. The maximum absolute atomic E-state index is 12.0. The number of hydrogen-bond donors (Lipinski definition) is 1. The molecule has 1 N–H and O–H groups in total. The van der Waals surface area contributed by atoms with Crippen LogP contribution in [0.5, 0.6) is 0 Å². The van der Waals surface area contributed by atoms with Crippen molar-refractivity contribution in [2.45, 2.75) is 26.7 Å². The van der Waals surface area contributed by atoms with Gasteiger partial charge in [0.15, 0.2) is 0 Å². The predicted octanol–water partition coefficient (Wildman–Crippen LogP) is 0.969. The first kappa shape index (κ1) is 12.6. The highest BCUT2D eigenvalue weighted by atomic mass is 16.4. The highest BCUT2D eigenvalue weighted by Gasteiger charge is 2.40. The van der Waals surface area contributed by atoms with E-state index in [2.05, 4.69) is 5.92 Å². The van der Waals surface area contributed by atoms with Crippen molar-refractivity contribution in [3.63, 3.8) is 0 Å². The number of carbonyl (C=O) groups is 2. The van der Waals surface area contributed by atoms with Crippen molar-refractivity contribution in [2.24, 2.45) is 11.3 Å². The number of terminal acetylenes is 1. The molecule has 0 aliphatic heterocycles. The molecule has 1 fully saturated rings. The minimum atomic E-state index is -1.40. The second-order valence-electron chi connectivity index (χ2n) is 4.76. The standard InChI is InChI=1S/C12H17NO3/c1-4-7-13(8-9-5-6-9)10(14)12(2,3)11(15)16/h1,9H,5-8H2,2-3H3,(H,15,16). The number of amides is 1. The second-order valence-corrected chi connectivity index (χ2v) is 4.76. The highest BCUT2D eigenvalue weighted by Crippen LogP contribution is 2.31. The van der Waals surface area contributed by atoms with Crippen molar-refractivity contribution < 1.29 is 14.7 Å². The minimum Gasteiger partial charge on any atom is -0.480 e. The summed E-state index contributed by atoms with van der Waals surface area (Å²) in [6.45, 7) is 3.59. The van der Waals surface area contributed by atoms with Gasteiger partial charge < -0.3 is 10.0 Å². The van der Waals surface area contributed by atoms with E-state index in [0.717, 1.165) is 12.8 Å². The molecule has 4 nitrogen and oxygen atoms in total. The summed E-state index contributed by atoms with van der Waals surface area (Å²) in [7, 11) is 0. The van der Waals surface area contributed by atoms with Gasteiger partial charge in [0, 0.05) is 6.54 Å². The molecule has 16 heavy (non-hydrogen) atoms. The summed E-state index contributed by atoms with van der Waals surface area (Å²) in [4.78, 5) is 24.5. The van der Waals surface area contributed by atoms with Crippen LogP contribution in [0.3, 0.4) is 0 Å². The van der Waals surface area contributed by atoms with Gasteiger partial charge in [0.05, 0.1) is 6.54 Å². The Labute approximate surface area is 95.6 Å². The van der Waals surface area contributed by atoms with Crippen LogP contribution in [0.1, 0.15) is 26.7 Å². The van der Waals surface area contributed by atoms with E-state index in [-0.39, 0.29) is 6.54 Å². The fourth-order valence-corrected chi connectivity index (χ4v) is 1.43. The molecule has 1 aliphatic rings. The highest BCUT2D eigenvalue weighted by molar-refractivity contribution is 6.01. The molecule has 0 aromatic carbocycles. The molecular formula is C12H17NO3. The molecule has 0 heterocycles. The van der Waals surface area contributed by atoms with Gasteiger partial charge in [-0.3, -0.25) is 9.59 Å². The number of aliphatic carboxylic acids is 1. The SMILES string of the molecule is C#CCN(CC1CC1)C(=O)C(C)(C)C(=O)O. The van der Waals surface area contributed by atoms with Crippen LogP contribution >= 0.6 is 0 Å². The van der Waals surface area contributed by atoms with Crippen molar-refractivity contribution in [2.75, 3.05) is 13.1 Å². The van der Waals surface area contributed by atoms with Crippen LogP contribution in [0.15, 0.2) is 0 Å². The van der Waals surface area contributed by atoms with E-state index < -0.39 is 17.3 Å². The van der Waals surface area contributed by atoms with E-state index in [1.165, 1.54) is 18.7 Å². The summed E-state index contributed by atoms with van der Waals surface area (Å²) < 4.78 is 0. The summed E-state index contributed by atoms with van der Waals surface area (Å²) in [5.41, 5.74) is -1.40. The molecule has 88 valence electrons. The number of hydrogen-bond acceptors (Lipinski definition) is 2. The van der Waals surface area contributed by atoms with Gasteiger partial charge in [0.25, 0.3) is 0 Å². The van der Waals surface area contributed by atoms with Gasteiger partial charge in [-0.25, -0.2) is 0 Å². The molecule has 0 saturated heterocycles. The Morgan fingerprint density at radius 3 is 2.44 bits per heavy atom. The number of rotatable bonds is 5. The third-order valence-corrected chi connectivity index (χ3v) is 2.81. The van der Waals surface area contributed by atoms with Crippen LogP contribution in [0, 0.1) is 23.7 Å². The van der Waals surface area contributed by atoms with E-state index in [9.17, 15) is 9.59 Å². The van der Waals surface area contributed by atoms with Crippen molar-refractivity contribution in [3.05, 3.63) is 0 Å². The van der Waals surface area contributed by atoms with Crippen LogP contribution in [0.4, 0.5) is 0 Å². The second kappa shape index (κ2) is 4.56. The minimum absolute atomic E-state index is 0.187. The zero-order chi connectivity index (χ0) is 12.3. The first-order valence-electron chi connectivity index (χ1n) is 5.35. The Bertz CT molecular complexity index is 337. The fourth-order valence-electron chi connectivity index (χ4n) is 1.43. The van der Waals surface area contributed by atoms with Crippen molar-refractivity contribution in [1.82, 2.24) is 4.90 Å². The molecule has 0 spiro atoms. The van der Waals surface area contributed by atoms with Gasteiger partial charge in [-0.05, 0) is 32.6 Å². The molecule has 0 radical (unpaired) electrons. The van der Waals surface area contributed by atoms with Crippen LogP contribution in [-0.2, 0) is 9.59 Å². The molecule has 0 unspecified atom stereocenters. The monoisotopic (exact) mass is 223 g/mol. The molecule has 0 aromatic heterocycles. The van der Waals surface area contributed by atoms with Gasteiger partial charge in [0.2, 0.25) is 5.91 Å². The van der Waals surface area contributed by atoms with Crippen LogP contribution in [0.25, 0.3) is 0 Å². The smallest absolute Gasteiger partial charge is 0.318 e. The zero-order valence-corrected chi connectivity index (χ0v) is 9.69. The summed E-state index contributed by atoms with van der Waals surface area (Å²) in [6.07, 6.45) is 7.39. The topological polar surface area (TPSA) is 57.6 Å². The largest absolute Gasteiger partial charge is 0.480 e. The third kappa shape index (κ3) is 2.75. The molecule has 0 aromatic rings. The lowest BCUT2D eigenvalue weighted by atomic mass is 9.91. The maximum atomic E-state index is 12.0. The van der Waals surface area contributed by atoms with Gasteiger partial charge in [-0.2, -0.15) is 0 Å². The van der Waals surface area contributed by atoms with E-state index in [1.54, 1.807) is 0 Å². The molecule has 4 heteroatoms. The first-order valence-corrected chi connectivity index (χ1v) is 5.35. The molecule has 0 atom stereocenters. The molecule has 0 bridgehead atoms. The molecule has 1 amide bonds. The lowest BCUT2D eigenvalue weighted by Crippen LogP contribution is -2.46. The van der Waals surface area contributed by atoms with Gasteiger partial charge in [-0.15, -0.1) is 6.42 Å². The summed E-state index contributed by atoms with van der Waals surface area (Å²) >= 11 is 0. The van der Waals surface area contributed by atoms with E-state index >= 15 is 0 Å². The summed E-state index contributed by atoms with van der Waals surface area (Å²) in [6, 6.07) is 0. The van der Waals surface area contributed by atoms with Crippen LogP contribution in [0.2, 0.25) is 0 Å². The third-order valence-electron chi connectivity index (χ3n) is 2.81. The number of carboxylic acid groups (broad SMARTS) is 1. The Balaban J connectivity index is 2.73. The fraction of sp³-hybridized carbons (Fsp3) is 0.667. The average molecular weight is 223 g/mol. The van der Waals surface area contributed by atoms with E-state index in [0.29, 0.717) is 12.5 Å². The Hall–Kier alpha value is -1.50. The van der Waals surface area contributed by atoms with Crippen molar-refractivity contribution >= 4 is 11.9 Å². The maximum Gasteiger partial charge on any atom is 0.318 e. The van der Waals surface area contributed by atoms with Crippen molar-refractivity contribution in [3.8, 4) is 12.3 Å². The van der Waals surface area contributed by atoms with E-state index in [4.69, 9.17) is 11.5 Å². The number of carbonyl (C=O) groups excluding carboxylic acids is 1. The molecular weight excluding hydrogens is 206 g/mol. The Morgan fingerprint density at radius 1 is 1.50 bits per heavy atom. The van der Waals surface area contributed by atoms with Gasteiger partial charge in [0.1, 0.15) is 5.41 Å². The van der Waals surface area contributed by atoms with Crippen molar-refractivity contribution in [1.29, 1.82) is 0 Å². The molecule has 1 rings (SSSR count). The van der Waals surface area contributed by atoms with Gasteiger partial charge in [-0.1, -0.05) is 5.92 Å². The average Bonchev–Trinajstić information content (AvgIpc) is 2.99. The zero-order valence-electron chi connectivity index (χ0n) is 9.69. The molecule has 1 aliphatic carbocycles. The first-order chi connectivity index (χ1) is 7.39. The lowest BCUT2D eigenvalue weighted by molar-refractivity contribution is -0.158. The number of nitrogens with zero attached hydrogens (tertiary/aromatic N) is 1. The van der Waals surface area contributed by atoms with Crippen LogP contribution < -0.4 is 0 Å². The van der Waals surface area contributed by atoms with E-state index in [1.807, 2.05) is 0 Å². The summed E-state index contributed by atoms with van der Waals surface area (Å²) in [5, 5.41) is 8.98. The van der Waals surface area contributed by atoms with Gasteiger partial charge >= 0.3 is 5.97 Å².